The second-order valence-electron chi connectivity index (χ2n) is 9.40. The molecule has 0 amide bonds. The number of para-hydroxylation sites is 1. The summed E-state index contributed by atoms with van der Waals surface area (Å²) in [6.45, 7) is 0. The number of halogens is 1. The van der Waals surface area contributed by atoms with E-state index in [0.717, 1.165) is 5.56 Å². The van der Waals surface area contributed by atoms with Crippen LogP contribution in [-0.4, -0.2) is 31.9 Å². The lowest BCUT2D eigenvalue weighted by Crippen LogP contribution is -2.46. The molecule has 0 spiro atoms. The predicted octanol–water partition coefficient (Wildman–Crippen LogP) is 5.09. The van der Waals surface area contributed by atoms with Crippen LogP contribution in [0.25, 0.3) is 0 Å². The Kier molecular flexibility index (Phi) is 7.26. The zero-order valence-electron chi connectivity index (χ0n) is 21.5. The van der Waals surface area contributed by atoms with Gasteiger partial charge in [-0.05, 0) is 41.8 Å². The summed E-state index contributed by atoms with van der Waals surface area (Å²) in [6.07, 6.45) is 0.298. The SMILES string of the molecule is COC(=O)C1=C(N)N(c2ccccc2)C2=C(C(=O)[C@H](C(=O)OC)[C@@H](c3ccccc3)C2)[C@@H]1c1cccc(Cl)c1. The molecule has 3 aromatic carbocycles. The molecule has 0 unspecified atom stereocenters. The third-order valence-electron chi connectivity index (χ3n) is 7.32. The molecule has 8 heteroatoms. The van der Waals surface area contributed by atoms with Crippen molar-refractivity contribution in [3.05, 3.63) is 124 Å². The third kappa shape index (κ3) is 4.59. The van der Waals surface area contributed by atoms with Crippen LogP contribution in [0.5, 0.6) is 0 Å². The molecular weight excluding hydrogens is 516 g/mol. The Morgan fingerprint density at radius 1 is 0.897 bits per heavy atom. The number of carbonyl (C=O) groups is 3. The summed E-state index contributed by atoms with van der Waals surface area (Å²) in [5.74, 6) is -4.14. The molecule has 39 heavy (non-hydrogen) atoms. The molecule has 0 fully saturated rings. The number of methoxy groups -OCH3 is 2. The van der Waals surface area contributed by atoms with Gasteiger partial charge >= 0.3 is 11.9 Å². The summed E-state index contributed by atoms with van der Waals surface area (Å²) < 4.78 is 10.3. The molecular formula is C31H27ClN2O5. The highest BCUT2D eigenvalue weighted by molar-refractivity contribution is 6.30. The fourth-order valence-electron chi connectivity index (χ4n) is 5.64. The zero-order chi connectivity index (χ0) is 27.7. The van der Waals surface area contributed by atoms with Crippen molar-refractivity contribution in [2.45, 2.75) is 18.3 Å². The van der Waals surface area contributed by atoms with E-state index in [9.17, 15) is 14.4 Å². The van der Waals surface area contributed by atoms with Crippen molar-refractivity contribution < 1.29 is 23.9 Å². The number of benzene rings is 3. The molecule has 1 aliphatic carbocycles. The van der Waals surface area contributed by atoms with Crippen molar-refractivity contribution in [3.8, 4) is 0 Å². The minimum absolute atomic E-state index is 0.0949. The smallest absolute Gasteiger partial charge is 0.338 e. The van der Waals surface area contributed by atoms with E-state index in [0.29, 0.717) is 34.0 Å². The molecule has 0 saturated carbocycles. The Morgan fingerprint density at radius 3 is 2.15 bits per heavy atom. The number of nitrogens with two attached hydrogens (primary N) is 1. The van der Waals surface area contributed by atoms with Gasteiger partial charge in [-0.2, -0.15) is 0 Å². The molecule has 7 nitrogen and oxygen atoms in total. The summed E-state index contributed by atoms with van der Waals surface area (Å²) in [4.78, 5) is 42.8. The maximum atomic E-state index is 14.5. The summed E-state index contributed by atoms with van der Waals surface area (Å²) in [5, 5.41) is 0.429. The average molecular weight is 543 g/mol. The summed E-state index contributed by atoms with van der Waals surface area (Å²) >= 11 is 6.35. The molecule has 0 radical (unpaired) electrons. The Bertz CT molecular complexity index is 1500. The maximum Gasteiger partial charge on any atom is 0.338 e. The molecule has 0 saturated heterocycles. The maximum absolute atomic E-state index is 14.5. The Morgan fingerprint density at radius 2 is 1.54 bits per heavy atom. The van der Waals surface area contributed by atoms with Crippen molar-refractivity contribution in [2.24, 2.45) is 11.7 Å². The molecule has 198 valence electrons. The fraction of sp³-hybridized carbons (Fsp3) is 0.194. The number of ketones is 1. The predicted molar refractivity (Wildman–Crippen MR) is 148 cm³/mol. The number of allylic oxidation sites excluding steroid dienone is 2. The molecule has 1 aliphatic heterocycles. The first-order chi connectivity index (χ1) is 18.9. The molecule has 0 bridgehead atoms. The van der Waals surface area contributed by atoms with Crippen LogP contribution >= 0.6 is 11.6 Å². The molecule has 2 aliphatic rings. The first kappa shape index (κ1) is 26.3. The van der Waals surface area contributed by atoms with Crippen LogP contribution in [-0.2, 0) is 23.9 Å². The van der Waals surface area contributed by atoms with Gasteiger partial charge in [0.15, 0.2) is 5.78 Å². The number of ether oxygens (including phenoxy) is 2. The molecule has 3 atom stereocenters. The number of carbonyl (C=O) groups excluding carboxylic acids is 3. The standard InChI is InChI=1S/C31H27ClN2O5/c1-38-30(36)25-22(18-10-5-3-6-11-18)17-23-26(28(25)35)24(19-12-9-13-20(32)16-19)27(31(37)39-2)29(33)34(23)21-14-7-4-8-15-21/h3-16,22,24-25H,17,33H2,1-2H3/t22-,24+,25-/m1/s1. The first-order valence-electron chi connectivity index (χ1n) is 12.5. The van der Waals surface area contributed by atoms with Gasteiger partial charge in [0.05, 0.1) is 25.7 Å². The van der Waals surface area contributed by atoms with E-state index >= 15 is 0 Å². The Hall–Kier alpha value is -4.36. The number of rotatable bonds is 5. The van der Waals surface area contributed by atoms with Crippen molar-refractivity contribution in [1.82, 2.24) is 0 Å². The zero-order valence-corrected chi connectivity index (χ0v) is 22.2. The quantitative estimate of drug-likeness (QED) is 0.354. The van der Waals surface area contributed by atoms with E-state index in [-0.39, 0.29) is 11.4 Å². The normalized spacial score (nSPS) is 20.9. The highest BCUT2D eigenvalue weighted by Gasteiger charge is 2.51. The topological polar surface area (TPSA) is 98.9 Å². The van der Waals surface area contributed by atoms with Gasteiger partial charge in [0, 0.05) is 27.9 Å². The highest BCUT2D eigenvalue weighted by Crippen LogP contribution is 2.51. The Labute approximate surface area is 231 Å². The lowest BCUT2D eigenvalue weighted by Gasteiger charge is -2.44. The highest BCUT2D eigenvalue weighted by atomic mass is 35.5. The van der Waals surface area contributed by atoms with Gasteiger partial charge in [0.25, 0.3) is 0 Å². The molecule has 1 heterocycles. The van der Waals surface area contributed by atoms with Gasteiger partial charge in [-0.15, -0.1) is 0 Å². The van der Waals surface area contributed by atoms with Crippen LogP contribution in [0.1, 0.15) is 29.4 Å². The van der Waals surface area contributed by atoms with Crippen molar-refractivity contribution in [1.29, 1.82) is 0 Å². The summed E-state index contributed by atoms with van der Waals surface area (Å²) in [6, 6.07) is 25.6. The lowest BCUT2D eigenvalue weighted by atomic mass is 9.67. The van der Waals surface area contributed by atoms with Gasteiger partial charge in [-0.3, -0.25) is 14.5 Å². The van der Waals surface area contributed by atoms with Crippen molar-refractivity contribution in [2.75, 3.05) is 19.1 Å². The molecule has 3 aromatic rings. The van der Waals surface area contributed by atoms with E-state index in [1.165, 1.54) is 14.2 Å². The van der Waals surface area contributed by atoms with E-state index < -0.39 is 35.5 Å². The van der Waals surface area contributed by atoms with E-state index in [1.54, 1.807) is 29.2 Å². The summed E-state index contributed by atoms with van der Waals surface area (Å²) in [7, 11) is 2.53. The largest absolute Gasteiger partial charge is 0.468 e. The second-order valence-corrected chi connectivity index (χ2v) is 9.83. The lowest BCUT2D eigenvalue weighted by molar-refractivity contribution is -0.150. The van der Waals surface area contributed by atoms with Crippen LogP contribution in [0, 0.1) is 5.92 Å². The minimum Gasteiger partial charge on any atom is -0.468 e. The number of Topliss-reactive ketones (excluding diaryl/α,β-unsaturated/α-hetero) is 1. The third-order valence-corrected chi connectivity index (χ3v) is 7.56. The van der Waals surface area contributed by atoms with Crippen molar-refractivity contribution in [3.63, 3.8) is 0 Å². The van der Waals surface area contributed by atoms with E-state index in [4.69, 9.17) is 26.8 Å². The molecule has 2 N–H and O–H groups in total. The van der Waals surface area contributed by atoms with Crippen LogP contribution in [0.3, 0.4) is 0 Å². The van der Waals surface area contributed by atoms with Gasteiger partial charge < -0.3 is 15.2 Å². The van der Waals surface area contributed by atoms with Crippen LogP contribution < -0.4 is 10.6 Å². The number of esters is 2. The number of nitrogens with zero attached hydrogens (tertiary/aromatic N) is 1. The van der Waals surface area contributed by atoms with Gasteiger partial charge in [0.2, 0.25) is 0 Å². The summed E-state index contributed by atoms with van der Waals surface area (Å²) in [5.41, 5.74) is 9.86. The fourth-order valence-corrected chi connectivity index (χ4v) is 5.84. The monoisotopic (exact) mass is 542 g/mol. The number of anilines is 1. The number of hydrogen-bond acceptors (Lipinski definition) is 7. The van der Waals surface area contributed by atoms with Crippen LogP contribution in [0.15, 0.2) is 108 Å². The minimum atomic E-state index is -1.12. The number of hydrogen-bond donors (Lipinski definition) is 1. The second kappa shape index (κ2) is 10.8. The Balaban J connectivity index is 1.83. The van der Waals surface area contributed by atoms with E-state index in [2.05, 4.69) is 0 Å². The van der Waals surface area contributed by atoms with Crippen LogP contribution in [0.2, 0.25) is 5.02 Å². The van der Waals surface area contributed by atoms with Gasteiger partial charge in [0.1, 0.15) is 11.7 Å². The van der Waals surface area contributed by atoms with E-state index in [1.807, 2.05) is 60.7 Å². The molecule has 0 aromatic heterocycles. The van der Waals surface area contributed by atoms with Crippen molar-refractivity contribution >= 4 is 35.0 Å². The van der Waals surface area contributed by atoms with Crippen LogP contribution in [0.4, 0.5) is 5.69 Å². The molecule has 5 rings (SSSR count). The van der Waals surface area contributed by atoms with Gasteiger partial charge in [-0.1, -0.05) is 72.3 Å². The van der Waals surface area contributed by atoms with Gasteiger partial charge in [-0.25, -0.2) is 4.79 Å². The average Bonchev–Trinajstić information content (AvgIpc) is 2.96. The first-order valence-corrected chi connectivity index (χ1v) is 12.8.